The van der Waals surface area contributed by atoms with Crippen molar-refractivity contribution >= 4 is 27.1 Å². The molecule has 0 radical (unpaired) electrons. The van der Waals surface area contributed by atoms with Gasteiger partial charge in [-0.15, -0.1) is 0 Å². The van der Waals surface area contributed by atoms with Gasteiger partial charge >= 0.3 is 0 Å². The Kier molecular flexibility index (Phi) is 4.96. The first-order valence-electron chi connectivity index (χ1n) is 9.34. The highest BCUT2D eigenvalue weighted by Crippen LogP contribution is 2.42. The van der Waals surface area contributed by atoms with Crippen molar-refractivity contribution in [1.82, 2.24) is 4.90 Å². The van der Waals surface area contributed by atoms with E-state index < -0.39 is 15.7 Å². The number of carbonyl (C=O) groups is 1. The lowest BCUT2D eigenvalue weighted by atomic mass is 10.2. The summed E-state index contributed by atoms with van der Waals surface area (Å²) in [7, 11) is -0.832. The number of hydrogen-bond acceptors (Lipinski definition) is 6. The van der Waals surface area contributed by atoms with Gasteiger partial charge in [-0.05, 0) is 37.1 Å². The number of methoxy groups -OCH3 is 2. The van der Waals surface area contributed by atoms with E-state index in [9.17, 15) is 13.2 Å². The van der Waals surface area contributed by atoms with Crippen molar-refractivity contribution in [2.45, 2.75) is 17.7 Å². The first-order valence-corrected chi connectivity index (χ1v) is 10.8. The number of sulfone groups is 1. The maximum Gasteiger partial charge on any atom is 0.267 e. The van der Waals surface area contributed by atoms with Gasteiger partial charge in [-0.2, -0.15) is 0 Å². The van der Waals surface area contributed by atoms with Gasteiger partial charge in [-0.3, -0.25) is 4.79 Å². The molecule has 1 amide bonds. The molecule has 0 bridgehead atoms. The average molecular weight is 414 g/mol. The molecule has 0 saturated carbocycles. The van der Waals surface area contributed by atoms with Gasteiger partial charge in [0.2, 0.25) is 9.84 Å². The summed E-state index contributed by atoms with van der Waals surface area (Å²) in [6, 6.07) is 12.0. The fourth-order valence-electron chi connectivity index (χ4n) is 3.69. The summed E-state index contributed by atoms with van der Waals surface area (Å²) in [5.74, 6) is 0.616. The Balaban J connectivity index is 1.87. The first kappa shape index (κ1) is 19.3. The van der Waals surface area contributed by atoms with Crippen LogP contribution in [-0.4, -0.2) is 46.5 Å². The fraction of sp³-hybridized carbons (Fsp3) is 0.286. The van der Waals surface area contributed by atoms with E-state index in [0.29, 0.717) is 36.0 Å². The zero-order valence-corrected chi connectivity index (χ0v) is 17.1. The summed E-state index contributed by atoms with van der Waals surface area (Å²) in [5.41, 5.74) is 1.15. The zero-order valence-electron chi connectivity index (χ0n) is 16.3. The van der Waals surface area contributed by atoms with Crippen molar-refractivity contribution in [2.75, 3.05) is 32.2 Å². The molecule has 0 aromatic heterocycles. The van der Waals surface area contributed by atoms with Crippen molar-refractivity contribution in [3.63, 3.8) is 0 Å². The van der Waals surface area contributed by atoms with Crippen LogP contribution in [0.25, 0.3) is 0 Å². The fourth-order valence-corrected chi connectivity index (χ4v) is 5.23. The molecule has 8 heteroatoms. The number of hydrogen-bond donors (Lipinski definition) is 0. The van der Waals surface area contributed by atoms with Gasteiger partial charge in [0.1, 0.15) is 0 Å². The van der Waals surface area contributed by atoms with Gasteiger partial charge in [0, 0.05) is 31.0 Å². The molecular weight excluding hydrogens is 392 g/mol. The monoisotopic (exact) mass is 414 g/mol. The minimum Gasteiger partial charge on any atom is -0.493 e. The molecule has 2 aromatic carbocycles. The van der Waals surface area contributed by atoms with Crippen LogP contribution in [0.5, 0.6) is 11.5 Å². The Bertz CT molecular complexity index is 1090. The van der Waals surface area contributed by atoms with Crippen molar-refractivity contribution in [1.29, 1.82) is 0 Å². The van der Waals surface area contributed by atoms with E-state index in [2.05, 4.69) is 0 Å². The van der Waals surface area contributed by atoms with Crippen LogP contribution < -0.4 is 14.4 Å². The molecule has 152 valence electrons. The molecule has 4 rings (SSSR count). The Morgan fingerprint density at radius 2 is 1.66 bits per heavy atom. The summed E-state index contributed by atoms with van der Waals surface area (Å²) in [6.07, 6.45) is 3.18. The molecule has 2 aliphatic heterocycles. The third kappa shape index (κ3) is 3.23. The number of anilines is 2. The summed E-state index contributed by atoms with van der Waals surface area (Å²) in [4.78, 5) is 16.2. The zero-order chi connectivity index (χ0) is 20.6. The van der Waals surface area contributed by atoms with Gasteiger partial charge in [0.25, 0.3) is 5.91 Å². The molecule has 2 heterocycles. The number of ether oxygens (including phenoxy) is 2. The van der Waals surface area contributed by atoms with E-state index in [-0.39, 0.29) is 9.80 Å². The quantitative estimate of drug-likeness (QED) is 0.765. The molecule has 2 aliphatic rings. The maximum atomic E-state index is 13.2. The minimum absolute atomic E-state index is 0.111. The van der Waals surface area contributed by atoms with Crippen LogP contribution >= 0.6 is 0 Å². The van der Waals surface area contributed by atoms with Gasteiger partial charge in [-0.25, -0.2) is 8.42 Å². The van der Waals surface area contributed by atoms with Crippen molar-refractivity contribution in [3.8, 4) is 11.5 Å². The van der Waals surface area contributed by atoms with Crippen LogP contribution in [0.4, 0.5) is 11.4 Å². The van der Waals surface area contributed by atoms with Gasteiger partial charge < -0.3 is 19.3 Å². The Morgan fingerprint density at radius 3 is 2.34 bits per heavy atom. The number of rotatable bonds is 4. The predicted molar refractivity (Wildman–Crippen MR) is 109 cm³/mol. The van der Waals surface area contributed by atoms with E-state index in [1.165, 1.54) is 19.4 Å². The maximum absolute atomic E-state index is 13.2. The van der Waals surface area contributed by atoms with Gasteiger partial charge in [-0.1, -0.05) is 12.1 Å². The normalized spacial score (nSPS) is 17.5. The van der Waals surface area contributed by atoms with Crippen molar-refractivity contribution < 1.29 is 22.7 Å². The molecular formula is C21H22N2O5S. The van der Waals surface area contributed by atoms with E-state index in [1.807, 2.05) is 0 Å². The molecule has 7 nitrogen and oxygen atoms in total. The molecule has 29 heavy (non-hydrogen) atoms. The van der Waals surface area contributed by atoms with Crippen LogP contribution in [-0.2, 0) is 14.6 Å². The Labute approximate surface area is 170 Å². The van der Waals surface area contributed by atoms with Crippen LogP contribution in [0.2, 0.25) is 0 Å². The van der Waals surface area contributed by atoms with Crippen LogP contribution in [0.1, 0.15) is 12.8 Å². The number of carbonyl (C=O) groups excluding carboxylic acids is 1. The highest BCUT2D eigenvalue weighted by atomic mass is 32.2. The van der Waals surface area contributed by atoms with E-state index in [4.69, 9.17) is 9.47 Å². The molecule has 0 N–H and O–H groups in total. The predicted octanol–water partition coefficient (Wildman–Crippen LogP) is 3.09. The third-order valence-electron chi connectivity index (χ3n) is 5.20. The average Bonchev–Trinajstić information content (AvgIpc) is 3.28. The van der Waals surface area contributed by atoms with Crippen molar-refractivity contribution in [3.05, 3.63) is 53.6 Å². The SMILES string of the molecule is COc1ccc(N2C=C(C(=O)N3CCCC3)S(=O)(=O)c3ccccc32)cc1OC. The summed E-state index contributed by atoms with van der Waals surface area (Å²) in [6.45, 7) is 1.15. The first-order chi connectivity index (χ1) is 14.0. The number of likely N-dealkylation sites (tertiary alicyclic amines) is 1. The number of benzene rings is 2. The number of nitrogens with zero attached hydrogens (tertiary/aromatic N) is 2. The summed E-state index contributed by atoms with van der Waals surface area (Å²) < 4.78 is 37.1. The van der Waals surface area contributed by atoms with Crippen molar-refractivity contribution in [2.24, 2.45) is 0 Å². The number of amides is 1. The topological polar surface area (TPSA) is 76.2 Å². The highest BCUT2D eigenvalue weighted by molar-refractivity contribution is 7.96. The summed E-state index contributed by atoms with van der Waals surface area (Å²) in [5, 5.41) is 0. The molecule has 1 fully saturated rings. The van der Waals surface area contributed by atoms with E-state index in [1.54, 1.807) is 53.3 Å². The van der Waals surface area contributed by atoms with Crippen LogP contribution in [0.3, 0.4) is 0 Å². The molecule has 0 atom stereocenters. The number of para-hydroxylation sites is 1. The lowest BCUT2D eigenvalue weighted by Crippen LogP contribution is -2.35. The van der Waals surface area contributed by atoms with E-state index >= 15 is 0 Å². The van der Waals surface area contributed by atoms with Gasteiger partial charge in [0.15, 0.2) is 16.4 Å². The Hall–Kier alpha value is -3.00. The second-order valence-electron chi connectivity index (χ2n) is 6.87. The molecule has 0 spiro atoms. The second-order valence-corrected chi connectivity index (χ2v) is 8.76. The Morgan fingerprint density at radius 1 is 0.966 bits per heavy atom. The third-order valence-corrected chi connectivity index (χ3v) is 6.98. The standard InChI is InChI=1S/C21H22N2O5S/c1-27-17-10-9-15(13-18(17)28-2)23-14-20(21(24)22-11-5-6-12-22)29(25,26)19-8-4-3-7-16(19)23/h3-4,7-10,13-14H,5-6,11-12H2,1-2H3. The lowest BCUT2D eigenvalue weighted by Gasteiger charge is -2.30. The summed E-state index contributed by atoms with van der Waals surface area (Å²) >= 11 is 0. The molecule has 0 aliphatic carbocycles. The van der Waals surface area contributed by atoms with E-state index in [0.717, 1.165) is 12.8 Å². The molecule has 0 unspecified atom stereocenters. The van der Waals surface area contributed by atoms with Crippen LogP contribution in [0.15, 0.2) is 58.5 Å². The highest BCUT2D eigenvalue weighted by Gasteiger charge is 2.38. The lowest BCUT2D eigenvalue weighted by molar-refractivity contribution is -0.125. The van der Waals surface area contributed by atoms with Crippen LogP contribution in [0, 0.1) is 0 Å². The number of fused-ring (bicyclic) bond motifs is 1. The second kappa shape index (κ2) is 7.44. The molecule has 2 aromatic rings. The minimum atomic E-state index is -3.92. The smallest absolute Gasteiger partial charge is 0.267 e. The molecule has 1 saturated heterocycles. The van der Waals surface area contributed by atoms with Gasteiger partial charge in [0.05, 0.1) is 24.8 Å². The largest absolute Gasteiger partial charge is 0.493 e.